The van der Waals surface area contributed by atoms with E-state index in [-0.39, 0.29) is 11.2 Å². The molecule has 0 radical (unpaired) electrons. The van der Waals surface area contributed by atoms with Crippen molar-refractivity contribution >= 4 is 17.7 Å². The van der Waals surface area contributed by atoms with Crippen LogP contribution in [0.5, 0.6) is 0 Å². The lowest BCUT2D eigenvalue weighted by Gasteiger charge is -2.20. The summed E-state index contributed by atoms with van der Waals surface area (Å²) in [6.45, 7) is 0. The van der Waals surface area contributed by atoms with Gasteiger partial charge in [0.15, 0.2) is 11.0 Å². The van der Waals surface area contributed by atoms with Crippen LogP contribution < -0.4 is 0 Å². The zero-order chi connectivity index (χ0) is 17.8. The molecule has 3 aromatic rings. The lowest BCUT2D eigenvalue weighted by atomic mass is 10.1. The van der Waals surface area contributed by atoms with Gasteiger partial charge in [0.1, 0.15) is 5.25 Å². The highest BCUT2D eigenvalue weighted by molar-refractivity contribution is 8.00. The van der Waals surface area contributed by atoms with Crippen molar-refractivity contribution in [3.05, 3.63) is 66.2 Å². The summed E-state index contributed by atoms with van der Waals surface area (Å²) in [5.74, 6) is 0.813. The Morgan fingerprint density at radius 1 is 1.00 bits per heavy atom. The van der Waals surface area contributed by atoms with Crippen LogP contribution >= 0.6 is 11.8 Å². The maximum atomic E-state index is 12.7. The molecule has 3 rings (SSSR count). The number of amides is 1. The van der Waals surface area contributed by atoms with E-state index in [1.165, 1.54) is 11.8 Å². The Hall–Kier alpha value is -2.60. The average molecular weight is 352 g/mol. The van der Waals surface area contributed by atoms with Crippen LogP contribution in [0.2, 0.25) is 0 Å². The standard InChI is InChI=1S/C19H20N4OS/c1-22(2)18(24)16(14-10-6-4-7-11-14)25-19-21-20-17(23(19)3)15-12-8-5-9-13-15/h4-13,16H,1-3H3/t16-/m1/s1. The summed E-state index contributed by atoms with van der Waals surface area (Å²) in [4.78, 5) is 14.3. The van der Waals surface area contributed by atoms with Gasteiger partial charge in [0.2, 0.25) is 5.91 Å². The van der Waals surface area contributed by atoms with Gasteiger partial charge in [0.05, 0.1) is 0 Å². The Kier molecular flexibility index (Phi) is 5.19. The van der Waals surface area contributed by atoms with Gasteiger partial charge in [-0.2, -0.15) is 0 Å². The Morgan fingerprint density at radius 3 is 2.20 bits per heavy atom. The van der Waals surface area contributed by atoms with Crippen molar-refractivity contribution in [3.8, 4) is 11.4 Å². The Morgan fingerprint density at radius 2 is 1.60 bits per heavy atom. The molecule has 0 aliphatic rings. The molecule has 25 heavy (non-hydrogen) atoms. The third kappa shape index (κ3) is 3.74. The summed E-state index contributed by atoms with van der Waals surface area (Å²) in [5.41, 5.74) is 1.95. The number of hydrogen-bond donors (Lipinski definition) is 0. The molecule has 1 atom stereocenters. The third-order valence-electron chi connectivity index (χ3n) is 3.86. The van der Waals surface area contributed by atoms with Crippen molar-refractivity contribution < 1.29 is 4.79 Å². The lowest BCUT2D eigenvalue weighted by molar-refractivity contribution is -0.128. The van der Waals surface area contributed by atoms with Gasteiger partial charge < -0.3 is 9.47 Å². The normalized spacial score (nSPS) is 12.0. The smallest absolute Gasteiger partial charge is 0.240 e. The number of carbonyl (C=O) groups is 1. The molecule has 0 saturated heterocycles. The van der Waals surface area contributed by atoms with Gasteiger partial charge in [0.25, 0.3) is 0 Å². The minimum atomic E-state index is -0.359. The van der Waals surface area contributed by atoms with Crippen LogP contribution in [0.25, 0.3) is 11.4 Å². The number of thioether (sulfide) groups is 1. The predicted molar refractivity (Wildman–Crippen MR) is 100 cm³/mol. The maximum absolute atomic E-state index is 12.7. The highest BCUT2D eigenvalue weighted by Crippen LogP contribution is 2.36. The molecule has 128 valence electrons. The highest BCUT2D eigenvalue weighted by atomic mass is 32.2. The van der Waals surface area contributed by atoms with Crippen LogP contribution in [-0.2, 0) is 11.8 Å². The zero-order valence-electron chi connectivity index (χ0n) is 14.5. The molecule has 1 amide bonds. The fourth-order valence-corrected chi connectivity index (χ4v) is 3.63. The first kappa shape index (κ1) is 17.2. The fourth-order valence-electron chi connectivity index (χ4n) is 2.48. The van der Waals surface area contributed by atoms with Gasteiger partial charge >= 0.3 is 0 Å². The summed E-state index contributed by atoms with van der Waals surface area (Å²) in [7, 11) is 5.46. The molecule has 0 fully saturated rings. The Balaban J connectivity index is 1.93. The number of hydrogen-bond acceptors (Lipinski definition) is 4. The van der Waals surface area contributed by atoms with Crippen LogP contribution in [0.4, 0.5) is 0 Å². The molecule has 1 aromatic heterocycles. The van der Waals surface area contributed by atoms with Crippen LogP contribution in [0.15, 0.2) is 65.8 Å². The summed E-state index contributed by atoms with van der Waals surface area (Å²) >= 11 is 1.42. The Labute approximate surface area is 151 Å². The number of aromatic nitrogens is 3. The van der Waals surface area contributed by atoms with Crippen LogP contribution in [0, 0.1) is 0 Å². The molecular weight excluding hydrogens is 332 g/mol. The molecule has 1 heterocycles. The molecule has 0 aliphatic heterocycles. The molecule has 6 heteroatoms. The van der Waals surface area contributed by atoms with E-state index >= 15 is 0 Å². The second-order valence-corrected chi connectivity index (χ2v) is 6.94. The van der Waals surface area contributed by atoms with Crippen molar-refractivity contribution in [1.29, 1.82) is 0 Å². The van der Waals surface area contributed by atoms with E-state index < -0.39 is 0 Å². The summed E-state index contributed by atoms with van der Waals surface area (Å²) in [6.07, 6.45) is 0. The lowest BCUT2D eigenvalue weighted by Crippen LogP contribution is -2.26. The van der Waals surface area contributed by atoms with Crippen molar-refractivity contribution in [1.82, 2.24) is 19.7 Å². The summed E-state index contributed by atoms with van der Waals surface area (Å²) < 4.78 is 1.93. The monoisotopic (exact) mass is 352 g/mol. The summed E-state index contributed by atoms with van der Waals surface area (Å²) in [6, 6.07) is 19.7. The van der Waals surface area contributed by atoms with Gasteiger partial charge in [0, 0.05) is 26.7 Å². The number of rotatable bonds is 5. The first-order chi connectivity index (χ1) is 12.1. The molecule has 5 nitrogen and oxygen atoms in total. The average Bonchev–Trinajstić information content (AvgIpc) is 3.01. The number of benzene rings is 2. The predicted octanol–water partition coefficient (Wildman–Crippen LogP) is 3.40. The van der Waals surface area contributed by atoms with Crippen molar-refractivity contribution in [2.45, 2.75) is 10.4 Å². The number of carbonyl (C=O) groups excluding carboxylic acids is 1. The van der Waals surface area contributed by atoms with Gasteiger partial charge in [-0.3, -0.25) is 4.79 Å². The second kappa shape index (κ2) is 7.53. The van der Waals surface area contributed by atoms with Gasteiger partial charge in [-0.25, -0.2) is 0 Å². The first-order valence-corrected chi connectivity index (χ1v) is 8.83. The number of likely N-dealkylation sites (N-methyl/N-ethyl adjacent to an activating group) is 1. The Bertz CT molecular complexity index is 846. The molecule has 0 spiro atoms. The van der Waals surface area contributed by atoms with Crippen molar-refractivity contribution in [3.63, 3.8) is 0 Å². The van der Waals surface area contributed by atoms with Crippen molar-refractivity contribution in [2.24, 2.45) is 7.05 Å². The molecular formula is C19H20N4OS. The van der Waals surface area contributed by atoms with E-state index in [2.05, 4.69) is 10.2 Å². The minimum absolute atomic E-state index is 0.0282. The topological polar surface area (TPSA) is 51.0 Å². The minimum Gasteiger partial charge on any atom is -0.348 e. The van der Waals surface area contributed by atoms with E-state index in [0.717, 1.165) is 17.0 Å². The molecule has 0 N–H and O–H groups in total. The van der Waals surface area contributed by atoms with Crippen LogP contribution in [0.1, 0.15) is 10.8 Å². The second-order valence-electron chi connectivity index (χ2n) is 5.87. The molecule has 0 unspecified atom stereocenters. The first-order valence-electron chi connectivity index (χ1n) is 7.95. The van der Waals surface area contributed by atoms with E-state index in [4.69, 9.17) is 0 Å². The molecule has 2 aromatic carbocycles. The zero-order valence-corrected chi connectivity index (χ0v) is 15.3. The quantitative estimate of drug-likeness (QED) is 0.661. The van der Waals surface area contributed by atoms with Gasteiger partial charge in [-0.1, -0.05) is 72.4 Å². The number of nitrogens with zero attached hydrogens (tertiary/aromatic N) is 4. The maximum Gasteiger partial charge on any atom is 0.240 e. The van der Waals surface area contributed by atoms with E-state index in [1.807, 2.05) is 72.3 Å². The molecule has 0 bridgehead atoms. The highest BCUT2D eigenvalue weighted by Gasteiger charge is 2.26. The van der Waals surface area contributed by atoms with E-state index in [9.17, 15) is 4.79 Å². The van der Waals surface area contributed by atoms with E-state index in [0.29, 0.717) is 5.16 Å². The third-order valence-corrected chi connectivity index (χ3v) is 5.13. The van der Waals surface area contributed by atoms with Crippen LogP contribution in [0.3, 0.4) is 0 Å². The SMILES string of the molecule is CN(C)C(=O)[C@H](Sc1nnc(-c2ccccc2)n1C)c1ccccc1. The molecule has 0 saturated carbocycles. The van der Waals surface area contributed by atoms with Crippen molar-refractivity contribution in [2.75, 3.05) is 14.1 Å². The fraction of sp³-hybridized carbons (Fsp3) is 0.211. The summed E-state index contributed by atoms with van der Waals surface area (Å²) in [5, 5.41) is 8.96. The van der Waals surface area contributed by atoms with Gasteiger partial charge in [-0.15, -0.1) is 10.2 Å². The largest absolute Gasteiger partial charge is 0.348 e. The van der Waals surface area contributed by atoms with Crippen LogP contribution in [-0.4, -0.2) is 39.7 Å². The molecule has 0 aliphatic carbocycles. The van der Waals surface area contributed by atoms with E-state index in [1.54, 1.807) is 19.0 Å². The van der Waals surface area contributed by atoms with Gasteiger partial charge in [-0.05, 0) is 5.56 Å².